The third-order valence-corrected chi connectivity index (χ3v) is 7.64. The van der Waals surface area contributed by atoms with Crippen molar-refractivity contribution >= 4 is 24.0 Å². The second-order valence-electron chi connectivity index (χ2n) is 9.92. The third kappa shape index (κ3) is 5.96. The summed E-state index contributed by atoms with van der Waals surface area (Å²) in [4.78, 5) is 23.8. The minimum absolute atomic E-state index is 0. The summed E-state index contributed by atoms with van der Waals surface area (Å²) in [6.45, 7) is 4.99. The van der Waals surface area contributed by atoms with Gasteiger partial charge in [-0.15, -0.1) is 12.4 Å². The summed E-state index contributed by atoms with van der Waals surface area (Å²) in [5, 5.41) is 17.0. The molecule has 13 heteroatoms. The Bertz CT molecular complexity index is 1360. The highest BCUT2D eigenvalue weighted by atomic mass is 35.5. The lowest BCUT2D eigenvalue weighted by atomic mass is 9.71. The number of amides is 1. The van der Waals surface area contributed by atoms with Gasteiger partial charge in [0.15, 0.2) is 5.82 Å². The number of aromatic nitrogens is 4. The van der Waals surface area contributed by atoms with Crippen LogP contribution in [0.15, 0.2) is 42.9 Å². The van der Waals surface area contributed by atoms with Crippen LogP contribution in [0, 0.1) is 18.3 Å². The molecule has 1 amide bonds. The zero-order valence-corrected chi connectivity index (χ0v) is 22.6. The van der Waals surface area contributed by atoms with Crippen LogP contribution in [0.2, 0.25) is 0 Å². The van der Waals surface area contributed by atoms with Gasteiger partial charge in [-0.3, -0.25) is 14.7 Å². The zero-order valence-electron chi connectivity index (χ0n) is 21.8. The van der Waals surface area contributed by atoms with E-state index in [2.05, 4.69) is 31.4 Å². The van der Waals surface area contributed by atoms with E-state index in [1.165, 1.54) is 23.1 Å². The van der Waals surface area contributed by atoms with Gasteiger partial charge in [-0.1, -0.05) is 0 Å². The molecule has 4 heterocycles. The predicted molar refractivity (Wildman–Crippen MR) is 142 cm³/mol. The molecule has 0 bridgehead atoms. The summed E-state index contributed by atoms with van der Waals surface area (Å²) < 4.78 is 45.3. The summed E-state index contributed by atoms with van der Waals surface area (Å²) in [6.07, 6.45) is 2.40. The van der Waals surface area contributed by atoms with Gasteiger partial charge in [-0.25, -0.2) is 9.67 Å². The normalized spacial score (nSPS) is 21.7. The topological polar surface area (TPSA) is 109 Å². The Morgan fingerprint density at radius 1 is 1.10 bits per heavy atom. The minimum atomic E-state index is -4.49. The number of halogens is 4. The molecule has 0 radical (unpaired) electrons. The van der Waals surface area contributed by atoms with Crippen LogP contribution < -0.4 is 5.32 Å². The Kier molecular flexibility index (Phi) is 8.77. The average molecular weight is 576 g/mol. The lowest BCUT2D eigenvalue weighted by molar-refractivity contribution is -0.137. The number of hydrogen-bond donors (Lipinski definition) is 1. The van der Waals surface area contributed by atoms with Gasteiger partial charge in [-0.05, 0) is 56.9 Å². The van der Waals surface area contributed by atoms with Crippen LogP contribution in [0.4, 0.5) is 18.9 Å². The number of pyridine rings is 2. The van der Waals surface area contributed by atoms with Gasteiger partial charge in [0.1, 0.15) is 0 Å². The number of alkyl halides is 3. The molecule has 0 atom stereocenters. The number of anilines is 1. The van der Waals surface area contributed by atoms with Crippen LogP contribution in [-0.4, -0.2) is 62.9 Å². The molecule has 0 spiro atoms. The van der Waals surface area contributed by atoms with Crippen LogP contribution in [0.1, 0.15) is 53.0 Å². The molecule has 0 aromatic carbocycles. The number of nitrogens with one attached hydrogen (secondary N) is 1. The van der Waals surface area contributed by atoms with Crippen LogP contribution in [-0.2, 0) is 16.3 Å². The molecule has 3 aromatic rings. The first-order valence-electron chi connectivity index (χ1n) is 12.8. The van der Waals surface area contributed by atoms with E-state index in [1.807, 2.05) is 0 Å². The average Bonchev–Trinajstić information content (AvgIpc) is 3.35. The number of rotatable bonds is 5. The van der Waals surface area contributed by atoms with E-state index in [0.29, 0.717) is 23.1 Å². The van der Waals surface area contributed by atoms with Crippen molar-refractivity contribution in [2.24, 2.45) is 0 Å². The number of ether oxygens (including phenoxy) is 1. The van der Waals surface area contributed by atoms with Gasteiger partial charge in [0, 0.05) is 25.3 Å². The van der Waals surface area contributed by atoms with E-state index in [9.17, 15) is 23.2 Å². The highest BCUT2D eigenvalue weighted by molar-refractivity contribution is 6.04. The van der Waals surface area contributed by atoms with Gasteiger partial charge >= 0.3 is 6.18 Å². The number of nitriles is 1. The highest BCUT2D eigenvalue weighted by Gasteiger charge is 2.40. The van der Waals surface area contributed by atoms with Crippen molar-refractivity contribution in [3.63, 3.8) is 0 Å². The first-order chi connectivity index (χ1) is 18.7. The summed E-state index contributed by atoms with van der Waals surface area (Å²) in [5.74, 6) is -0.281. The fourth-order valence-electron chi connectivity index (χ4n) is 5.32. The molecule has 5 rings (SSSR count). The maximum Gasteiger partial charge on any atom is 0.417 e. The molecule has 0 unspecified atom stereocenters. The Labute approximate surface area is 235 Å². The fraction of sp³-hybridized carbons (Fsp3) is 0.444. The molecule has 1 N–H and O–H groups in total. The van der Waals surface area contributed by atoms with Crippen LogP contribution in [0.5, 0.6) is 0 Å². The number of morpholine rings is 1. The van der Waals surface area contributed by atoms with E-state index < -0.39 is 23.1 Å². The molecule has 1 saturated heterocycles. The summed E-state index contributed by atoms with van der Waals surface area (Å²) >= 11 is 0. The number of carbonyl (C=O) groups excluding carboxylic acids is 1. The number of carbonyl (C=O) groups is 1. The maximum absolute atomic E-state index is 12.9. The highest BCUT2D eigenvalue weighted by Crippen LogP contribution is 2.40. The van der Waals surface area contributed by atoms with Gasteiger partial charge in [0.05, 0.1) is 65.3 Å². The van der Waals surface area contributed by atoms with Crippen molar-refractivity contribution in [1.82, 2.24) is 24.6 Å². The molecule has 1 saturated carbocycles. The predicted octanol–water partition coefficient (Wildman–Crippen LogP) is 4.70. The zero-order chi connectivity index (χ0) is 27.6. The van der Waals surface area contributed by atoms with Gasteiger partial charge < -0.3 is 10.1 Å². The van der Waals surface area contributed by atoms with Crippen molar-refractivity contribution in [1.29, 1.82) is 5.26 Å². The molecule has 3 aromatic heterocycles. The largest absolute Gasteiger partial charge is 0.417 e. The van der Waals surface area contributed by atoms with E-state index >= 15 is 0 Å². The van der Waals surface area contributed by atoms with Crippen LogP contribution in [0.25, 0.3) is 5.82 Å². The second kappa shape index (κ2) is 11.9. The first kappa shape index (κ1) is 29.5. The molecular formula is C27H29ClF3N7O2. The summed E-state index contributed by atoms with van der Waals surface area (Å²) in [5.41, 5.74) is 0.297. The maximum atomic E-state index is 12.9. The monoisotopic (exact) mass is 575 g/mol. The fourth-order valence-corrected chi connectivity index (χ4v) is 5.32. The quantitative estimate of drug-likeness (QED) is 0.470. The molecule has 1 aliphatic heterocycles. The van der Waals surface area contributed by atoms with Gasteiger partial charge in [-0.2, -0.15) is 23.5 Å². The van der Waals surface area contributed by atoms with Gasteiger partial charge in [0.25, 0.3) is 5.91 Å². The first-order valence-corrected chi connectivity index (χ1v) is 12.8. The van der Waals surface area contributed by atoms with E-state index in [-0.39, 0.29) is 23.8 Å². The molecular weight excluding hydrogens is 547 g/mol. The SMILES string of the molecule is Cc1c(C(=O)Nc2ccc([C@]3(C#N)CC[C@@H](N4CCOCC4)CC3)nc2)cnn1-c1ccc(C(F)(F)F)cn1.Cl. The van der Waals surface area contributed by atoms with Crippen molar-refractivity contribution in [3.8, 4) is 11.9 Å². The molecule has 1 aliphatic carbocycles. The van der Waals surface area contributed by atoms with Crippen LogP contribution >= 0.6 is 12.4 Å². The Hall–Kier alpha value is -3.53. The number of hydrogen-bond acceptors (Lipinski definition) is 7. The summed E-state index contributed by atoms with van der Waals surface area (Å²) in [7, 11) is 0. The van der Waals surface area contributed by atoms with Crippen molar-refractivity contribution in [2.45, 2.75) is 50.2 Å². The molecule has 2 aliphatic rings. The molecule has 40 heavy (non-hydrogen) atoms. The van der Waals surface area contributed by atoms with Crippen molar-refractivity contribution < 1.29 is 22.7 Å². The van der Waals surface area contributed by atoms with Crippen molar-refractivity contribution in [3.05, 3.63) is 65.4 Å². The lowest BCUT2D eigenvalue weighted by Crippen LogP contribution is -2.47. The summed E-state index contributed by atoms with van der Waals surface area (Å²) in [6, 6.07) is 8.59. The molecule has 212 valence electrons. The van der Waals surface area contributed by atoms with Crippen molar-refractivity contribution in [2.75, 3.05) is 31.6 Å². The Morgan fingerprint density at radius 2 is 1.82 bits per heavy atom. The van der Waals surface area contributed by atoms with E-state index in [1.54, 1.807) is 19.1 Å². The lowest BCUT2D eigenvalue weighted by Gasteiger charge is -2.41. The van der Waals surface area contributed by atoms with Crippen LogP contribution in [0.3, 0.4) is 0 Å². The molecule has 9 nitrogen and oxygen atoms in total. The number of nitrogens with zero attached hydrogens (tertiary/aromatic N) is 6. The Morgan fingerprint density at radius 3 is 2.40 bits per heavy atom. The Balaban J connectivity index is 0.00000370. The van der Waals surface area contributed by atoms with E-state index in [4.69, 9.17) is 4.74 Å². The standard InChI is InChI=1S/C27H28F3N7O2.ClH/c1-18-22(16-34-37(18)24-5-2-19(14-33-24)27(28,29)30)25(38)35-20-3-4-23(32-15-20)26(17-31)8-6-21(7-9-26)36-10-12-39-13-11-36;/h2-5,14-16,21H,6-13H2,1H3,(H,35,38);1H/t21-,26-;. The third-order valence-electron chi connectivity index (χ3n) is 7.64. The van der Waals surface area contributed by atoms with E-state index in [0.717, 1.165) is 64.2 Å². The molecule has 2 fully saturated rings. The van der Waals surface area contributed by atoms with Gasteiger partial charge in [0.2, 0.25) is 0 Å². The smallest absolute Gasteiger partial charge is 0.379 e. The second-order valence-corrected chi connectivity index (χ2v) is 9.92. The minimum Gasteiger partial charge on any atom is -0.379 e.